The van der Waals surface area contributed by atoms with Gasteiger partial charge in [-0.2, -0.15) is 5.10 Å². The summed E-state index contributed by atoms with van der Waals surface area (Å²) in [6.45, 7) is 6.80. The molecule has 1 aromatic heterocycles. The van der Waals surface area contributed by atoms with Crippen molar-refractivity contribution in [1.29, 1.82) is 0 Å². The van der Waals surface area contributed by atoms with E-state index in [2.05, 4.69) is 42.4 Å². The van der Waals surface area contributed by atoms with Crippen molar-refractivity contribution in [3.63, 3.8) is 0 Å². The normalized spacial score (nSPS) is 20.5. The van der Waals surface area contributed by atoms with E-state index < -0.39 is 0 Å². The van der Waals surface area contributed by atoms with E-state index in [-0.39, 0.29) is 0 Å². The highest BCUT2D eigenvalue weighted by Crippen LogP contribution is 2.23. The molecule has 4 heteroatoms. The molecule has 0 radical (unpaired) electrons. The summed E-state index contributed by atoms with van der Waals surface area (Å²) in [6.07, 6.45) is 4.66. The van der Waals surface area contributed by atoms with Crippen molar-refractivity contribution in [2.75, 3.05) is 25.5 Å². The predicted octanol–water partition coefficient (Wildman–Crippen LogP) is 1.87. The van der Waals surface area contributed by atoms with Crippen molar-refractivity contribution in [3.8, 4) is 0 Å². The Hall–Kier alpha value is -1.03. The van der Waals surface area contributed by atoms with Gasteiger partial charge in [0, 0.05) is 19.3 Å². The number of rotatable bonds is 3. The zero-order chi connectivity index (χ0) is 12.4. The molecular weight excluding hydrogens is 212 g/mol. The summed E-state index contributed by atoms with van der Waals surface area (Å²) in [6, 6.07) is 0.534. The minimum absolute atomic E-state index is 0.534. The molecule has 1 atom stereocenters. The Morgan fingerprint density at radius 1 is 1.35 bits per heavy atom. The molecule has 96 valence electrons. The molecule has 1 N–H and O–H groups in total. The number of aromatic nitrogens is 2. The third-order valence-electron chi connectivity index (χ3n) is 3.87. The molecule has 2 rings (SSSR count). The number of anilines is 1. The second-order valence-electron chi connectivity index (χ2n) is 5.38. The lowest BCUT2D eigenvalue weighted by Crippen LogP contribution is -2.37. The maximum Gasteiger partial charge on any atom is 0.0825 e. The summed E-state index contributed by atoms with van der Waals surface area (Å²) in [4.78, 5) is 2.42. The van der Waals surface area contributed by atoms with E-state index in [0.29, 0.717) is 6.04 Å². The molecule has 0 bridgehead atoms. The summed E-state index contributed by atoms with van der Waals surface area (Å²) in [5.74, 6) is 0.783. The lowest BCUT2D eigenvalue weighted by molar-refractivity contribution is 0.208. The highest BCUT2D eigenvalue weighted by atomic mass is 15.3. The van der Waals surface area contributed by atoms with E-state index >= 15 is 0 Å². The summed E-state index contributed by atoms with van der Waals surface area (Å²) < 4.78 is 1.87. The first-order chi connectivity index (χ1) is 8.06. The Balaban J connectivity index is 1.92. The van der Waals surface area contributed by atoms with Crippen LogP contribution in [-0.4, -0.2) is 40.9 Å². The smallest absolute Gasteiger partial charge is 0.0825 e. The fourth-order valence-corrected chi connectivity index (χ4v) is 2.63. The first kappa shape index (κ1) is 12.4. The summed E-state index contributed by atoms with van der Waals surface area (Å²) in [5.41, 5.74) is 2.27. The molecule has 0 amide bonds. The van der Waals surface area contributed by atoms with Crippen molar-refractivity contribution in [2.24, 2.45) is 13.0 Å². The van der Waals surface area contributed by atoms with Gasteiger partial charge < -0.3 is 10.2 Å². The number of hydrogen-bond donors (Lipinski definition) is 1. The third kappa shape index (κ3) is 3.00. The monoisotopic (exact) mass is 236 g/mol. The molecule has 0 aliphatic carbocycles. The van der Waals surface area contributed by atoms with Gasteiger partial charge in [-0.15, -0.1) is 0 Å². The quantitative estimate of drug-likeness (QED) is 0.870. The Kier molecular flexibility index (Phi) is 3.72. The number of aryl methyl sites for hydroxylation is 2. The lowest BCUT2D eigenvalue weighted by Gasteiger charge is -2.33. The van der Waals surface area contributed by atoms with Gasteiger partial charge in [0.15, 0.2) is 0 Å². The molecular formula is C13H24N4. The first-order valence-electron chi connectivity index (χ1n) is 6.51. The molecule has 4 nitrogen and oxygen atoms in total. The van der Waals surface area contributed by atoms with Crippen LogP contribution in [-0.2, 0) is 7.05 Å². The fourth-order valence-electron chi connectivity index (χ4n) is 2.63. The van der Waals surface area contributed by atoms with Crippen LogP contribution < -0.4 is 5.32 Å². The van der Waals surface area contributed by atoms with Crippen LogP contribution in [0.4, 0.5) is 5.69 Å². The SMILES string of the molecule is Cc1nn(C)cc1NC(C)C1CCN(C)CC1. The fraction of sp³-hybridized carbons (Fsp3) is 0.769. The van der Waals surface area contributed by atoms with Crippen LogP contribution in [0.3, 0.4) is 0 Å². The van der Waals surface area contributed by atoms with Gasteiger partial charge in [-0.05, 0) is 52.7 Å². The summed E-state index contributed by atoms with van der Waals surface area (Å²) in [7, 11) is 4.18. The standard InChI is InChI=1S/C13H24N4/c1-10(12-5-7-16(3)8-6-12)14-13-9-17(4)15-11(13)2/h9-10,12,14H,5-8H2,1-4H3. The molecule has 1 fully saturated rings. The zero-order valence-electron chi connectivity index (χ0n) is 11.4. The number of nitrogens with one attached hydrogen (secondary N) is 1. The van der Waals surface area contributed by atoms with Crippen LogP contribution in [0.5, 0.6) is 0 Å². The van der Waals surface area contributed by atoms with Crippen LogP contribution in [0.2, 0.25) is 0 Å². The van der Waals surface area contributed by atoms with Crippen LogP contribution in [0.15, 0.2) is 6.20 Å². The van der Waals surface area contributed by atoms with Crippen molar-refractivity contribution in [1.82, 2.24) is 14.7 Å². The van der Waals surface area contributed by atoms with Gasteiger partial charge in [-0.1, -0.05) is 0 Å². The predicted molar refractivity (Wildman–Crippen MR) is 71.3 cm³/mol. The zero-order valence-corrected chi connectivity index (χ0v) is 11.4. The first-order valence-corrected chi connectivity index (χ1v) is 6.51. The van der Waals surface area contributed by atoms with E-state index in [9.17, 15) is 0 Å². The molecule has 1 saturated heterocycles. The molecule has 0 saturated carbocycles. The number of nitrogens with zero attached hydrogens (tertiary/aromatic N) is 3. The molecule has 1 aromatic rings. The minimum Gasteiger partial charge on any atom is -0.380 e. The Labute approximate surface area is 104 Å². The molecule has 17 heavy (non-hydrogen) atoms. The Bertz CT molecular complexity index is 363. The average molecular weight is 236 g/mol. The summed E-state index contributed by atoms with van der Waals surface area (Å²) >= 11 is 0. The van der Waals surface area contributed by atoms with Crippen LogP contribution in [0.1, 0.15) is 25.5 Å². The highest BCUT2D eigenvalue weighted by molar-refractivity contribution is 5.46. The molecule has 2 heterocycles. The van der Waals surface area contributed by atoms with Gasteiger partial charge in [0.05, 0.1) is 11.4 Å². The third-order valence-corrected chi connectivity index (χ3v) is 3.87. The number of piperidine rings is 1. The maximum atomic E-state index is 4.37. The van der Waals surface area contributed by atoms with Gasteiger partial charge >= 0.3 is 0 Å². The maximum absolute atomic E-state index is 4.37. The minimum atomic E-state index is 0.534. The molecule has 1 aliphatic heterocycles. The lowest BCUT2D eigenvalue weighted by atomic mass is 9.90. The second kappa shape index (κ2) is 5.08. The molecule has 0 spiro atoms. The largest absolute Gasteiger partial charge is 0.380 e. The van der Waals surface area contributed by atoms with Gasteiger partial charge in [0.1, 0.15) is 0 Å². The van der Waals surface area contributed by atoms with Gasteiger partial charge in [0.2, 0.25) is 0 Å². The van der Waals surface area contributed by atoms with Crippen LogP contribution in [0, 0.1) is 12.8 Å². The van der Waals surface area contributed by atoms with Crippen LogP contribution in [0.25, 0.3) is 0 Å². The van der Waals surface area contributed by atoms with E-state index in [4.69, 9.17) is 0 Å². The topological polar surface area (TPSA) is 33.1 Å². The van der Waals surface area contributed by atoms with Gasteiger partial charge in [-0.25, -0.2) is 0 Å². The van der Waals surface area contributed by atoms with E-state index in [1.54, 1.807) is 0 Å². The number of likely N-dealkylation sites (tertiary alicyclic amines) is 1. The summed E-state index contributed by atoms with van der Waals surface area (Å²) in [5, 5.41) is 7.98. The Morgan fingerprint density at radius 2 is 2.00 bits per heavy atom. The van der Waals surface area contributed by atoms with Crippen molar-refractivity contribution in [3.05, 3.63) is 11.9 Å². The second-order valence-corrected chi connectivity index (χ2v) is 5.38. The van der Waals surface area contributed by atoms with E-state index in [0.717, 1.165) is 11.6 Å². The molecule has 0 aromatic carbocycles. The van der Waals surface area contributed by atoms with E-state index in [1.807, 2.05) is 11.7 Å². The highest BCUT2D eigenvalue weighted by Gasteiger charge is 2.22. The average Bonchev–Trinajstić information content (AvgIpc) is 2.58. The molecule has 1 unspecified atom stereocenters. The van der Waals surface area contributed by atoms with E-state index in [1.165, 1.54) is 31.6 Å². The van der Waals surface area contributed by atoms with Gasteiger partial charge in [-0.3, -0.25) is 4.68 Å². The van der Waals surface area contributed by atoms with Crippen molar-refractivity contribution >= 4 is 5.69 Å². The van der Waals surface area contributed by atoms with Crippen molar-refractivity contribution < 1.29 is 0 Å². The molecule has 1 aliphatic rings. The van der Waals surface area contributed by atoms with Gasteiger partial charge in [0.25, 0.3) is 0 Å². The van der Waals surface area contributed by atoms with Crippen molar-refractivity contribution in [2.45, 2.75) is 32.7 Å². The van der Waals surface area contributed by atoms with Crippen LogP contribution >= 0.6 is 0 Å². The number of hydrogen-bond acceptors (Lipinski definition) is 3. The Morgan fingerprint density at radius 3 is 2.53 bits per heavy atom.